The average molecular weight is 404 g/mol. The van der Waals surface area contributed by atoms with Gasteiger partial charge in [0, 0.05) is 16.6 Å². The molecular weight excluding hydrogens is 394 g/mol. The lowest BCUT2D eigenvalue weighted by molar-refractivity contribution is -0.384. The van der Waals surface area contributed by atoms with Crippen molar-refractivity contribution >= 4 is 45.0 Å². The van der Waals surface area contributed by atoms with E-state index in [2.05, 4.69) is 21.2 Å². The van der Waals surface area contributed by atoms with E-state index in [9.17, 15) is 24.5 Å². The molecule has 2 aromatic carbocycles. The molecule has 0 saturated heterocycles. The van der Waals surface area contributed by atoms with Gasteiger partial charge in [-0.25, -0.2) is 0 Å². The van der Waals surface area contributed by atoms with Crippen LogP contribution in [0.1, 0.15) is 20.7 Å². The third-order valence-electron chi connectivity index (χ3n) is 3.62. The summed E-state index contributed by atoms with van der Waals surface area (Å²) in [6, 6.07) is 10.2. The molecule has 0 bridgehead atoms. The van der Waals surface area contributed by atoms with Gasteiger partial charge in [0.05, 0.1) is 21.7 Å². The van der Waals surface area contributed by atoms with Crippen LogP contribution in [-0.4, -0.2) is 34.1 Å². The van der Waals surface area contributed by atoms with Crippen molar-refractivity contribution in [2.45, 2.75) is 0 Å². The first-order chi connectivity index (χ1) is 11.9. The summed E-state index contributed by atoms with van der Waals surface area (Å²) in [5.74, 6) is -1.65. The molecule has 8 nitrogen and oxygen atoms in total. The number of imide groups is 1. The van der Waals surface area contributed by atoms with Gasteiger partial charge in [0.2, 0.25) is 5.91 Å². The summed E-state index contributed by atoms with van der Waals surface area (Å²) in [6.45, 7) is -0.449. The number of benzene rings is 2. The zero-order valence-corrected chi connectivity index (χ0v) is 14.1. The van der Waals surface area contributed by atoms with Gasteiger partial charge in [0.15, 0.2) is 0 Å². The van der Waals surface area contributed by atoms with E-state index in [1.165, 1.54) is 30.3 Å². The average Bonchev–Trinajstić information content (AvgIpc) is 2.82. The number of carbonyl (C=O) groups excluding carboxylic acids is 3. The Morgan fingerprint density at radius 3 is 2.24 bits per heavy atom. The Morgan fingerprint density at radius 1 is 1.12 bits per heavy atom. The van der Waals surface area contributed by atoms with Gasteiger partial charge < -0.3 is 5.32 Å². The summed E-state index contributed by atoms with van der Waals surface area (Å²) in [7, 11) is 0. The Balaban J connectivity index is 1.73. The number of nitrogens with zero attached hydrogens (tertiary/aromatic N) is 2. The second-order valence-electron chi connectivity index (χ2n) is 5.21. The SMILES string of the molecule is O=C(CN1C(=O)c2ccccc2C1=O)Nc1ccc([N+](=O)[O-])cc1Br. The van der Waals surface area contributed by atoms with Gasteiger partial charge in [0.1, 0.15) is 6.54 Å². The molecule has 25 heavy (non-hydrogen) atoms. The molecule has 0 fully saturated rings. The third-order valence-corrected chi connectivity index (χ3v) is 4.27. The fourth-order valence-electron chi connectivity index (χ4n) is 2.44. The van der Waals surface area contributed by atoms with Crippen LogP contribution >= 0.6 is 15.9 Å². The minimum Gasteiger partial charge on any atom is -0.323 e. The zero-order valence-electron chi connectivity index (χ0n) is 12.6. The molecular formula is C16H10BrN3O5. The number of anilines is 1. The molecule has 0 unspecified atom stereocenters. The topological polar surface area (TPSA) is 110 Å². The van der Waals surface area contributed by atoms with Gasteiger partial charge in [-0.1, -0.05) is 12.1 Å². The summed E-state index contributed by atoms with van der Waals surface area (Å²) in [6.07, 6.45) is 0. The molecule has 1 heterocycles. The summed E-state index contributed by atoms with van der Waals surface area (Å²) in [5, 5.41) is 13.2. The van der Waals surface area contributed by atoms with Crippen molar-refractivity contribution in [3.63, 3.8) is 0 Å². The van der Waals surface area contributed by atoms with Crippen LogP contribution in [0.2, 0.25) is 0 Å². The van der Waals surface area contributed by atoms with E-state index in [0.717, 1.165) is 4.90 Å². The van der Waals surface area contributed by atoms with Gasteiger partial charge in [-0.3, -0.25) is 29.4 Å². The van der Waals surface area contributed by atoms with E-state index < -0.39 is 29.2 Å². The predicted molar refractivity (Wildman–Crippen MR) is 91.2 cm³/mol. The number of amides is 3. The second kappa shape index (κ2) is 6.44. The van der Waals surface area contributed by atoms with Gasteiger partial charge in [-0.05, 0) is 34.1 Å². The highest BCUT2D eigenvalue weighted by Crippen LogP contribution is 2.27. The predicted octanol–water partition coefficient (Wildman–Crippen LogP) is 2.59. The van der Waals surface area contributed by atoms with Crippen LogP contribution in [0.25, 0.3) is 0 Å². The number of rotatable bonds is 4. The number of hydrogen-bond donors (Lipinski definition) is 1. The number of non-ortho nitro benzene ring substituents is 1. The van der Waals surface area contributed by atoms with Crippen LogP contribution in [0, 0.1) is 10.1 Å². The van der Waals surface area contributed by atoms with Gasteiger partial charge in [-0.15, -0.1) is 0 Å². The zero-order chi connectivity index (χ0) is 18.1. The molecule has 9 heteroatoms. The van der Waals surface area contributed by atoms with Crippen LogP contribution in [0.15, 0.2) is 46.9 Å². The van der Waals surface area contributed by atoms with Crippen LogP contribution in [0.3, 0.4) is 0 Å². The Bertz CT molecular complexity index is 893. The van der Waals surface area contributed by atoms with Crippen molar-refractivity contribution in [3.8, 4) is 0 Å². The molecule has 0 atom stereocenters. The Morgan fingerprint density at radius 2 is 1.72 bits per heavy atom. The molecule has 3 rings (SSSR count). The van der Waals surface area contributed by atoms with Crippen molar-refractivity contribution < 1.29 is 19.3 Å². The number of halogens is 1. The molecule has 1 N–H and O–H groups in total. The highest BCUT2D eigenvalue weighted by Gasteiger charge is 2.36. The summed E-state index contributed by atoms with van der Waals surface area (Å²) in [4.78, 5) is 47.6. The first-order valence-corrected chi connectivity index (χ1v) is 7.87. The number of nitro benzene ring substituents is 1. The molecule has 126 valence electrons. The highest BCUT2D eigenvalue weighted by molar-refractivity contribution is 9.10. The summed E-state index contributed by atoms with van der Waals surface area (Å²) < 4.78 is 0.317. The van der Waals surface area contributed by atoms with E-state index in [4.69, 9.17) is 0 Å². The molecule has 0 spiro atoms. The number of nitrogens with one attached hydrogen (secondary N) is 1. The van der Waals surface area contributed by atoms with Crippen molar-refractivity contribution in [1.29, 1.82) is 0 Å². The molecule has 0 saturated carbocycles. The Labute approximate surface area is 149 Å². The number of hydrogen-bond acceptors (Lipinski definition) is 5. The minimum atomic E-state index is -0.593. The standard InChI is InChI=1S/C16H10BrN3O5/c17-12-7-9(20(24)25)5-6-13(12)18-14(21)8-19-15(22)10-3-1-2-4-11(10)16(19)23/h1-7H,8H2,(H,18,21). The normalized spacial score (nSPS) is 12.9. The number of fused-ring (bicyclic) bond motifs is 1. The van der Waals surface area contributed by atoms with Crippen molar-refractivity contribution in [2.75, 3.05) is 11.9 Å². The molecule has 2 aromatic rings. The lowest BCUT2D eigenvalue weighted by Crippen LogP contribution is -2.37. The van der Waals surface area contributed by atoms with E-state index in [-0.39, 0.29) is 16.8 Å². The molecule has 0 radical (unpaired) electrons. The second-order valence-corrected chi connectivity index (χ2v) is 6.07. The number of nitro groups is 1. The highest BCUT2D eigenvalue weighted by atomic mass is 79.9. The smallest absolute Gasteiger partial charge is 0.270 e. The summed E-state index contributed by atoms with van der Waals surface area (Å²) >= 11 is 3.14. The van der Waals surface area contributed by atoms with Gasteiger partial charge >= 0.3 is 0 Å². The van der Waals surface area contributed by atoms with Crippen LogP contribution in [0.5, 0.6) is 0 Å². The van der Waals surface area contributed by atoms with Gasteiger partial charge in [-0.2, -0.15) is 0 Å². The molecule has 3 amide bonds. The lowest BCUT2D eigenvalue weighted by Gasteiger charge is -2.14. The van der Waals surface area contributed by atoms with Crippen LogP contribution in [0.4, 0.5) is 11.4 Å². The maximum absolute atomic E-state index is 12.2. The van der Waals surface area contributed by atoms with E-state index in [1.807, 2.05) is 0 Å². The molecule has 1 aliphatic rings. The fourth-order valence-corrected chi connectivity index (χ4v) is 2.90. The largest absolute Gasteiger partial charge is 0.323 e. The van der Waals surface area contributed by atoms with Gasteiger partial charge in [0.25, 0.3) is 17.5 Å². The fraction of sp³-hybridized carbons (Fsp3) is 0.0625. The lowest BCUT2D eigenvalue weighted by atomic mass is 10.1. The Hall–Kier alpha value is -3.07. The van der Waals surface area contributed by atoms with Crippen LogP contribution in [-0.2, 0) is 4.79 Å². The maximum atomic E-state index is 12.2. The Kier molecular flexibility index (Phi) is 4.32. The van der Waals surface area contributed by atoms with E-state index in [0.29, 0.717) is 10.2 Å². The van der Waals surface area contributed by atoms with E-state index >= 15 is 0 Å². The third kappa shape index (κ3) is 3.13. The molecule has 0 aliphatic carbocycles. The first-order valence-electron chi connectivity index (χ1n) is 7.07. The number of carbonyl (C=O) groups is 3. The monoisotopic (exact) mass is 403 g/mol. The van der Waals surface area contributed by atoms with Crippen molar-refractivity contribution in [3.05, 3.63) is 68.2 Å². The van der Waals surface area contributed by atoms with Crippen LogP contribution < -0.4 is 5.32 Å². The molecule has 0 aromatic heterocycles. The quantitative estimate of drug-likeness (QED) is 0.479. The maximum Gasteiger partial charge on any atom is 0.270 e. The van der Waals surface area contributed by atoms with Crippen molar-refractivity contribution in [1.82, 2.24) is 4.90 Å². The summed E-state index contributed by atoms with van der Waals surface area (Å²) in [5.41, 5.74) is 0.686. The first kappa shape index (κ1) is 16.8. The minimum absolute atomic E-state index is 0.134. The van der Waals surface area contributed by atoms with Crippen molar-refractivity contribution in [2.24, 2.45) is 0 Å². The molecule has 1 aliphatic heterocycles. The van der Waals surface area contributed by atoms with E-state index in [1.54, 1.807) is 12.1 Å².